The summed E-state index contributed by atoms with van der Waals surface area (Å²) < 4.78 is 0. The number of nitrogens with zero attached hydrogens (tertiary/aromatic N) is 1. The van der Waals surface area contributed by atoms with E-state index in [9.17, 15) is 4.79 Å². The number of anilines is 1. The zero-order valence-electron chi connectivity index (χ0n) is 13.9. The van der Waals surface area contributed by atoms with Gasteiger partial charge in [0, 0.05) is 11.1 Å². The Bertz CT molecular complexity index is 876. The molecule has 1 N–H and O–H groups in total. The largest absolute Gasteiger partial charge is 0.325 e. The SMILES string of the molecule is CCc1cccc(C)c1NC(=O)CSc1ccc2ccccc2n1. The summed E-state index contributed by atoms with van der Waals surface area (Å²) in [6.45, 7) is 4.12. The number of aromatic nitrogens is 1. The molecular formula is C20H20N2OS. The van der Waals surface area contributed by atoms with Gasteiger partial charge in [-0.2, -0.15) is 0 Å². The maximum atomic E-state index is 12.3. The molecule has 1 heterocycles. The van der Waals surface area contributed by atoms with Crippen LogP contribution < -0.4 is 5.32 Å². The van der Waals surface area contributed by atoms with Gasteiger partial charge < -0.3 is 5.32 Å². The number of hydrogen-bond donors (Lipinski definition) is 1. The number of thioether (sulfide) groups is 1. The Morgan fingerprint density at radius 3 is 2.75 bits per heavy atom. The average Bonchev–Trinajstić information content (AvgIpc) is 2.61. The lowest BCUT2D eigenvalue weighted by molar-refractivity contribution is -0.113. The van der Waals surface area contributed by atoms with Crippen molar-refractivity contribution in [2.45, 2.75) is 25.3 Å². The summed E-state index contributed by atoms with van der Waals surface area (Å²) in [5, 5.41) is 5.02. The van der Waals surface area contributed by atoms with Crippen LogP contribution in [0.15, 0.2) is 59.6 Å². The Balaban J connectivity index is 1.67. The van der Waals surface area contributed by atoms with Crippen molar-refractivity contribution in [2.75, 3.05) is 11.1 Å². The molecule has 0 saturated carbocycles. The number of carbonyl (C=O) groups excluding carboxylic acids is 1. The first-order valence-electron chi connectivity index (χ1n) is 8.04. The Kier molecular flexibility index (Phi) is 5.16. The monoisotopic (exact) mass is 336 g/mol. The highest BCUT2D eigenvalue weighted by molar-refractivity contribution is 7.99. The second-order valence-electron chi connectivity index (χ2n) is 5.64. The van der Waals surface area contributed by atoms with Crippen LogP contribution in [0.2, 0.25) is 0 Å². The number of rotatable bonds is 5. The summed E-state index contributed by atoms with van der Waals surface area (Å²) in [7, 11) is 0. The van der Waals surface area contributed by atoms with Crippen LogP contribution in [0.5, 0.6) is 0 Å². The fraction of sp³-hybridized carbons (Fsp3) is 0.200. The van der Waals surface area contributed by atoms with Crippen molar-refractivity contribution in [1.82, 2.24) is 4.98 Å². The fourth-order valence-corrected chi connectivity index (χ4v) is 3.32. The van der Waals surface area contributed by atoms with Crippen molar-refractivity contribution in [1.29, 1.82) is 0 Å². The molecule has 3 rings (SSSR count). The van der Waals surface area contributed by atoms with Crippen molar-refractivity contribution < 1.29 is 4.79 Å². The van der Waals surface area contributed by atoms with Crippen LogP contribution in [0, 0.1) is 6.92 Å². The van der Waals surface area contributed by atoms with E-state index in [0.717, 1.165) is 39.2 Å². The molecule has 0 unspecified atom stereocenters. The number of hydrogen-bond acceptors (Lipinski definition) is 3. The Morgan fingerprint density at radius 2 is 1.92 bits per heavy atom. The van der Waals surface area contributed by atoms with Gasteiger partial charge in [0.15, 0.2) is 0 Å². The van der Waals surface area contributed by atoms with Gasteiger partial charge in [-0.25, -0.2) is 4.98 Å². The lowest BCUT2D eigenvalue weighted by Gasteiger charge is -2.12. The molecule has 1 aromatic heterocycles. The molecular weight excluding hydrogens is 316 g/mol. The zero-order chi connectivity index (χ0) is 16.9. The Morgan fingerprint density at radius 1 is 1.08 bits per heavy atom. The van der Waals surface area contributed by atoms with E-state index in [1.165, 1.54) is 11.8 Å². The third-order valence-corrected chi connectivity index (χ3v) is 4.86. The van der Waals surface area contributed by atoms with Crippen molar-refractivity contribution in [3.05, 3.63) is 65.7 Å². The number of pyridine rings is 1. The number of nitrogens with one attached hydrogen (secondary N) is 1. The molecule has 1 amide bonds. The standard InChI is InChI=1S/C20H20N2OS/c1-3-15-9-6-7-14(2)20(15)22-18(23)13-24-19-12-11-16-8-4-5-10-17(16)21-19/h4-12H,3,13H2,1-2H3,(H,22,23). The molecule has 0 atom stereocenters. The number of carbonyl (C=O) groups is 1. The molecule has 0 bridgehead atoms. The quantitative estimate of drug-likeness (QED) is 0.678. The lowest BCUT2D eigenvalue weighted by Crippen LogP contribution is -2.16. The van der Waals surface area contributed by atoms with E-state index < -0.39 is 0 Å². The molecule has 0 fully saturated rings. The van der Waals surface area contributed by atoms with Crippen LogP contribution in [0.4, 0.5) is 5.69 Å². The normalized spacial score (nSPS) is 10.8. The molecule has 0 aliphatic rings. The maximum Gasteiger partial charge on any atom is 0.234 e. The minimum absolute atomic E-state index is 0.000964. The van der Waals surface area contributed by atoms with E-state index in [2.05, 4.69) is 23.3 Å². The Labute approximate surface area is 146 Å². The number of fused-ring (bicyclic) bond motifs is 1. The summed E-state index contributed by atoms with van der Waals surface area (Å²) in [5.74, 6) is 0.349. The van der Waals surface area contributed by atoms with Crippen molar-refractivity contribution in [3.63, 3.8) is 0 Å². The van der Waals surface area contributed by atoms with Crippen LogP contribution in [0.3, 0.4) is 0 Å². The number of para-hydroxylation sites is 2. The first-order chi connectivity index (χ1) is 11.7. The second-order valence-corrected chi connectivity index (χ2v) is 6.64. The van der Waals surface area contributed by atoms with Crippen LogP contribution in [-0.2, 0) is 11.2 Å². The van der Waals surface area contributed by atoms with Gasteiger partial charge in [0.2, 0.25) is 5.91 Å². The zero-order valence-corrected chi connectivity index (χ0v) is 14.7. The highest BCUT2D eigenvalue weighted by atomic mass is 32.2. The van der Waals surface area contributed by atoms with Gasteiger partial charge in [-0.05, 0) is 36.6 Å². The highest BCUT2D eigenvalue weighted by Crippen LogP contribution is 2.23. The van der Waals surface area contributed by atoms with Crippen molar-refractivity contribution in [3.8, 4) is 0 Å². The predicted molar refractivity (Wildman–Crippen MR) is 102 cm³/mol. The molecule has 3 nitrogen and oxygen atoms in total. The smallest absolute Gasteiger partial charge is 0.234 e. The Hall–Kier alpha value is -2.33. The average molecular weight is 336 g/mol. The summed E-state index contributed by atoms with van der Waals surface area (Å²) in [6, 6.07) is 18.1. The summed E-state index contributed by atoms with van der Waals surface area (Å²) in [6.07, 6.45) is 0.899. The lowest BCUT2D eigenvalue weighted by atomic mass is 10.1. The molecule has 2 aromatic carbocycles. The molecule has 3 aromatic rings. The van der Waals surface area contributed by atoms with E-state index in [4.69, 9.17) is 0 Å². The molecule has 4 heteroatoms. The molecule has 24 heavy (non-hydrogen) atoms. The predicted octanol–water partition coefficient (Wildman–Crippen LogP) is 4.84. The summed E-state index contributed by atoms with van der Waals surface area (Å²) in [5.41, 5.74) is 4.15. The molecule has 122 valence electrons. The molecule has 0 saturated heterocycles. The second kappa shape index (κ2) is 7.49. The summed E-state index contributed by atoms with van der Waals surface area (Å²) >= 11 is 1.46. The minimum Gasteiger partial charge on any atom is -0.325 e. The van der Waals surface area contributed by atoms with Gasteiger partial charge in [-0.3, -0.25) is 4.79 Å². The molecule has 0 aliphatic carbocycles. The van der Waals surface area contributed by atoms with Crippen LogP contribution in [0.25, 0.3) is 10.9 Å². The van der Waals surface area contributed by atoms with Crippen LogP contribution in [0.1, 0.15) is 18.1 Å². The molecule has 0 radical (unpaired) electrons. The van der Waals surface area contributed by atoms with Crippen LogP contribution >= 0.6 is 11.8 Å². The number of aryl methyl sites for hydroxylation is 2. The van der Waals surface area contributed by atoms with E-state index in [-0.39, 0.29) is 5.91 Å². The van der Waals surface area contributed by atoms with Gasteiger partial charge in [0.1, 0.15) is 0 Å². The van der Waals surface area contributed by atoms with Gasteiger partial charge in [0.25, 0.3) is 0 Å². The third-order valence-electron chi connectivity index (χ3n) is 3.93. The highest BCUT2D eigenvalue weighted by Gasteiger charge is 2.09. The maximum absolute atomic E-state index is 12.3. The topological polar surface area (TPSA) is 42.0 Å². The summed E-state index contributed by atoms with van der Waals surface area (Å²) in [4.78, 5) is 16.9. The van der Waals surface area contributed by atoms with E-state index in [0.29, 0.717) is 5.75 Å². The van der Waals surface area contributed by atoms with Gasteiger partial charge >= 0.3 is 0 Å². The van der Waals surface area contributed by atoms with E-state index in [1.807, 2.05) is 55.5 Å². The van der Waals surface area contributed by atoms with Crippen molar-refractivity contribution in [2.24, 2.45) is 0 Å². The number of benzene rings is 2. The van der Waals surface area contributed by atoms with Gasteiger partial charge in [-0.1, -0.05) is 61.2 Å². The minimum atomic E-state index is -0.000964. The van der Waals surface area contributed by atoms with Crippen LogP contribution in [-0.4, -0.2) is 16.6 Å². The van der Waals surface area contributed by atoms with E-state index >= 15 is 0 Å². The van der Waals surface area contributed by atoms with Gasteiger partial charge in [0.05, 0.1) is 16.3 Å². The first kappa shape index (κ1) is 16.5. The first-order valence-corrected chi connectivity index (χ1v) is 9.03. The number of amides is 1. The molecule has 0 aliphatic heterocycles. The third kappa shape index (κ3) is 3.77. The fourth-order valence-electron chi connectivity index (χ4n) is 2.64. The molecule has 0 spiro atoms. The van der Waals surface area contributed by atoms with E-state index in [1.54, 1.807) is 0 Å². The van der Waals surface area contributed by atoms with Crippen molar-refractivity contribution >= 4 is 34.3 Å². The van der Waals surface area contributed by atoms with Gasteiger partial charge in [-0.15, -0.1) is 0 Å².